The molecular weight excluding hydrogens is 440 g/mol. The second kappa shape index (κ2) is 10.1. The number of nitrogens with zero attached hydrogens (tertiary/aromatic N) is 1. The molecule has 0 spiro atoms. The Balaban J connectivity index is 1.65. The zero-order valence-corrected chi connectivity index (χ0v) is 22.4. The summed E-state index contributed by atoms with van der Waals surface area (Å²) >= 11 is 0. The van der Waals surface area contributed by atoms with Gasteiger partial charge in [-0.05, 0) is 96.6 Å². The van der Waals surface area contributed by atoms with Gasteiger partial charge >= 0.3 is 0 Å². The number of rotatable bonds is 9. The number of para-hydroxylation sites is 2. The largest absolute Gasteiger partial charge is 0.355 e. The van der Waals surface area contributed by atoms with Crippen molar-refractivity contribution in [2.45, 2.75) is 51.5 Å². The topological polar surface area (TPSA) is 44.8 Å². The molecule has 36 heavy (non-hydrogen) atoms. The average molecular weight is 481 g/mol. The van der Waals surface area contributed by atoms with Crippen LogP contribution in [0.2, 0.25) is 0 Å². The van der Waals surface area contributed by atoms with E-state index >= 15 is 0 Å². The highest BCUT2D eigenvalue weighted by Crippen LogP contribution is 2.49. The van der Waals surface area contributed by atoms with Crippen LogP contribution in [0.3, 0.4) is 0 Å². The molecule has 0 aliphatic carbocycles. The lowest BCUT2D eigenvalue weighted by atomic mass is 9.88. The standard InChI is InChI=1S/C32H40N4/c1-22(2)20-23-21-32(3,36-30-13-9-7-11-26(30)27(31(23)36)16-19-34-5)17-14-29-25(15-18-33-4)24-10-6-8-12-28(24)35-29/h6-14,17,20,23,33-35H,15-16,18-19,21H2,1-5H3/b17-14+/t23-,32-/m0/s1. The van der Waals surface area contributed by atoms with Crippen molar-refractivity contribution in [2.24, 2.45) is 0 Å². The minimum atomic E-state index is -0.110. The van der Waals surface area contributed by atoms with Crippen molar-refractivity contribution in [1.29, 1.82) is 0 Å². The first-order valence-electron chi connectivity index (χ1n) is 13.3. The zero-order valence-electron chi connectivity index (χ0n) is 22.4. The van der Waals surface area contributed by atoms with Gasteiger partial charge in [-0.3, -0.25) is 0 Å². The number of hydrogen-bond donors (Lipinski definition) is 3. The first-order valence-corrected chi connectivity index (χ1v) is 13.3. The highest BCUT2D eigenvalue weighted by molar-refractivity contribution is 5.88. The lowest BCUT2D eigenvalue weighted by molar-refractivity contribution is 0.439. The number of fused-ring (bicyclic) bond motifs is 4. The summed E-state index contributed by atoms with van der Waals surface area (Å²) in [7, 11) is 4.07. The SMILES string of the molecule is CNCCc1c(/C=C/[C@@]2(C)C[C@H](C=C(C)C)c3c(CCNC)c4ccccc4n32)[nH]c2ccccc12. The molecule has 2 aromatic carbocycles. The third-order valence-electron chi connectivity index (χ3n) is 7.76. The van der Waals surface area contributed by atoms with E-state index in [4.69, 9.17) is 0 Å². The number of likely N-dealkylation sites (N-methyl/N-ethyl adjacent to an activating group) is 2. The smallest absolute Gasteiger partial charge is 0.0616 e. The van der Waals surface area contributed by atoms with Gasteiger partial charge in [0.1, 0.15) is 0 Å². The molecule has 2 atom stereocenters. The Kier molecular flexibility index (Phi) is 6.92. The summed E-state index contributed by atoms with van der Waals surface area (Å²) in [6.07, 6.45) is 10.4. The minimum Gasteiger partial charge on any atom is -0.355 e. The fraction of sp³-hybridized carbons (Fsp3) is 0.375. The summed E-state index contributed by atoms with van der Waals surface area (Å²) in [4.78, 5) is 3.71. The summed E-state index contributed by atoms with van der Waals surface area (Å²) in [5.74, 6) is 0.412. The summed E-state index contributed by atoms with van der Waals surface area (Å²) < 4.78 is 2.64. The number of aromatic amines is 1. The van der Waals surface area contributed by atoms with Crippen LogP contribution in [0.1, 0.15) is 55.6 Å². The van der Waals surface area contributed by atoms with Crippen LogP contribution in [0.5, 0.6) is 0 Å². The molecule has 0 saturated carbocycles. The van der Waals surface area contributed by atoms with Crippen LogP contribution in [0, 0.1) is 0 Å². The Morgan fingerprint density at radius 2 is 1.64 bits per heavy atom. The van der Waals surface area contributed by atoms with Gasteiger partial charge in [0.05, 0.1) is 5.54 Å². The van der Waals surface area contributed by atoms with Crippen molar-refractivity contribution in [1.82, 2.24) is 20.2 Å². The molecule has 0 fully saturated rings. The van der Waals surface area contributed by atoms with E-state index in [-0.39, 0.29) is 5.54 Å². The van der Waals surface area contributed by atoms with Crippen molar-refractivity contribution in [2.75, 3.05) is 27.2 Å². The molecule has 3 heterocycles. The number of aromatic nitrogens is 2. The van der Waals surface area contributed by atoms with Crippen LogP contribution in [-0.2, 0) is 18.4 Å². The van der Waals surface area contributed by atoms with Gasteiger partial charge in [0.2, 0.25) is 0 Å². The van der Waals surface area contributed by atoms with Crippen molar-refractivity contribution >= 4 is 27.9 Å². The highest BCUT2D eigenvalue weighted by Gasteiger charge is 2.40. The quantitative estimate of drug-likeness (QED) is 0.239. The van der Waals surface area contributed by atoms with E-state index in [1.807, 2.05) is 14.1 Å². The fourth-order valence-corrected chi connectivity index (χ4v) is 6.24. The van der Waals surface area contributed by atoms with E-state index in [2.05, 4.69) is 108 Å². The summed E-state index contributed by atoms with van der Waals surface area (Å²) in [6, 6.07) is 17.7. The van der Waals surface area contributed by atoms with Gasteiger partial charge in [-0.2, -0.15) is 0 Å². The van der Waals surface area contributed by atoms with Crippen LogP contribution in [0.15, 0.2) is 66.3 Å². The van der Waals surface area contributed by atoms with Crippen LogP contribution in [-0.4, -0.2) is 36.7 Å². The van der Waals surface area contributed by atoms with E-state index in [9.17, 15) is 0 Å². The monoisotopic (exact) mass is 480 g/mol. The van der Waals surface area contributed by atoms with Gasteiger partial charge in [0.25, 0.3) is 0 Å². The maximum absolute atomic E-state index is 3.71. The van der Waals surface area contributed by atoms with E-state index in [0.717, 1.165) is 32.4 Å². The predicted octanol–water partition coefficient (Wildman–Crippen LogP) is 6.53. The van der Waals surface area contributed by atoms with Crippen LogP contribution < -0.4 is 10.6 Å². The van der Waals surface area contributed by atoms with Gasteiger partial charge < -0.3 is 20.2 Å². The number of nitrogens with one attached hydrogen (secondary N) is 3. The second-order valence-electron chi connectivity index (χ2n) is 10.7. The molecule has 4 nitrogen and oxygen atoms in total. The normalized spacial score (nSPS) is 19.5. The Labute approximate surface area is 215 Å². The Hall–Kier alpha value is -3.08. The molecule has 4 aromatic rings. The Morgan fingerprint density at radius 3 is 2.36 bits per heavy atom. The van der Waals surface area contributed by atoms with Crippen molar-refractivity contribution in [3.8, 4) is 0 Å². The molecule has 1 aliphatic rings. The third-order valence-corrected chi connectivity index (χ3v) is 7.76. The molecule has 4 heteroatoms. The number of H-pyrrole nitrogens is 1. The molecule has 0 amide bonds. The lowest BCUT2D eigenvalue weighted by Crippen LogP contribution is -2.23. The van der Waals surface area contributed by atoms with Gasteiger partial charge in [0, 0.05) is 39.1 Å². The maximum Gasteiger partial charge on any atom is 0.0616 e. The van der Waals surface area contributed by atoms with Gasteiger partial charge in [-0.25, -0.2) is 0 Å². The predicted molar refractivity (Wildman–Crippen MR) is 155 cm³/mol. The summed E-state index contributed by atoms with van der Waals surface area (Å²) in [5.41, 5.74) is 9.45. The molecular formula is C32H40N4. The summed E-state index contributed by atoms with van der Waals surface area (Å²) in [6.45, 7) is 8.81. The molecule has 5 rings (SSSR count). The molecule has 3 N–H and O–H groups in total. The van der Waals surface area contributed by atoms with Crippen LogP contribution >= 0.6 is 0 Å². The Bertz CT molecular complexity index is 1430. The van der Waals surface area contributed by atoms with E-state index in [0.29, 0.717) is 5.92 Å². The molecule has 0 bridgehead atoms. The lowest BCUT2D eigenvalue weighted by Gasteiger charge is -2.25. The van der Waals surface area contributed by atoms with E-state index in [1.165, 1.54) is 49.9 Å². The van der Waals surface area contributed by atoms with Gasteiger partial charge in [-0.1, -0.05) is 54.1 Å². The van der Waals surface area contributed by atoms with Crippen molar-refractivity contribution < 1.29 is 0 Å². The molecule has 0 radical (unpaired) electrons. The maximum atomic E-state index is 3.71. The van der Waals surface area contributed by atoms with E-state index in [1.54, 1.807) is 0 Å². The molecule has 1 aliphatic heterocycles. The average Bonchev–Trinajstić information content (AvgIpc) is 3.48. The molecule has 2 aromatic heterocycles. The van der Waals surface area contributed by atoms with E-state index < -0.39 is 0 Å². The number of hydrogen-bond acceptors (Lipinski definition) is 2. The minimum absolute atomic E-state index is 0.110. The van der Waals surface area contributed by atoms with Crippen molar-refractivity contribution in [3.05, 3.63) is 88.8 Å². The summed E-state index contributed by atoms with van der Waals surface area (Å²) in [5, 5.41) is 9.42. The highest BCUT2D eigenvalue weighted by atomic mass is 15.1. The zero-order chi connectivity index (χ0) is 25.3. The Morgan fingerprint density at radius 1 is 0.972 bits per heavy atom. The van der Waals surface area contributed by atoms with Crippen molar-refractivity contribution in [3.63, 3.8) is 0 Å². The fourth-order valence-electron chi connectivity index (χ4n) is 6.24. The first-order chi connectivity index (χ1) is 17.5. The van der Waals surface area contributed by atoms with Gasteiger partial charge in [0.15, 0.2) is 0 Å². The first kappa shape index (κ1) is 24.6. The number of allylic oxidation sites excluding steroid dienone is 3. The number of benzene rings is 2. The second-order valence-corrected chi connectivity index (χ2v) is 10.7. The molecule has 0 unspecified atom stereocenters. The van der Waals surface area contributed by atoms with Crippen LogP contribution in [0.4, 0.5) is 0 Å². The third kappa shape index (κ3) is 4.33. The molecule has 188 valence electrons. The van der Waals surface area contributed by atoms with Crippen LogP contribution in [0.25, 0.3) is 27.9 Å². The molecule has 0 saturated heterocycles. The van der Waals surface area contributed by atoms with Gasteiger partial charge in [-0.15, -0.1) is 0 Å².